The van der Waals surface area contributed by atoms with E-state index in [-0.39, 0.29) is 12.3 Å². The number of carbonyl (C=O) groups excluding carboxylic acids is 1. The van der Waals surface area contributed by atoms with E-state index in [4.69, 9.17) is 11.5 Å². The summed E-state index contributed by atoms with van der Waals surface area (Å²) >= 11 is 0. The van der Waals surface area contributed by atoms with Crippen molar-refractivity contribution in [3.05, 3.63) is 20.2 Å². The first kappa shape index (κ1) is 21.8. The molecule has 12 nitrogen and oxygen atoms in total. The van der Waals surface area contributed by atoms with E-state index in [0.29, 0.717) is 32.4 Å². The van der Waals surface area contributed by atoms with Crippen LogP contribution in [0.15, 0.2) is 0 Å². The van der Waals surface area contributed by atoms with Crippen molar-refractivity contribution in [1.29, 1.82) is 0 Å². The maximum absolute atomic E-state index is 11.7. The molecule has 5 N–H and O–H groups in total. The van der Waals surface area contributed by atoms with Crippen LogP contribution < -0.4 is 16.8 Å². The third-order valence-corrected chi connectivity index (χ3v) is 3.16. The zero-order valence-corrected chi connectivity index (χ0v) is 13.4. The first-order valence-electron chi connectivity index (χ1n) is 7.68. The molecule has 2 atom stereocenters. The molecular formula is C12H25N5O7. The second kappa shape index (κ2) is 13.2. The second-order valence-electron chi connectivity index (χ2n) is 5.15. The van der Waals surface area contributed by atoms with Gasteiger partial charge in [-0.1, -0.05) is 6.42 Å². The van der Waals surface area contributed by atoms with Gasteiger partial charge in [-0.2, -0.15) is 0 Å². The fourth-order valence-electron chi connectivity index (χ4n) is 1.91. The van der Waals surface area contributed by atoms with Crippen LogP contribution in [0.25, 0.3) is 0 Å². The van der Waals surface area contributed by atoms with Crippen LogP contribution in [-0.4, -0.2) is 47.9 Å². The van der Waals surface area contributed by atoms with E-state index in [1.165, 1.54) is 0 Å². The molecule has 0 rings (SSSR count). The third-order valence-electron chi connectivity index (χ3n) is 3.16. The Morgan fingerprint density at radius 1 is 1.08 bits per heavy atom. The topological polar surface area (TPSA) is 186 Å². The van der Waals surface area contributed by atoms with Gasteiger partial charge in [-0.3, -0.25) is 4.79 Å². The summed E-state index contributed by atoms with van der Waals surface area (Å²) in [6, 6.07) is -0.587. The summed E-state index contributed by atoms with van der Waals surface area (Å²) in [6.45, 7) is 0.388. The molecule has 12 heteroatoms. The van der Waals surface area contributed by atoms with Crippen molar-refractivity contribution >= 4 is 5.91 Å². The third kappa shape index (κ3) is 12.3. The van der Waals surface area contributed by atoms with Crippen LogP contribution in [0.2, 0.25) is 0 Å². The molecule has 0 saturated heterocycles. The van der Waals surface area contributed by atoms with Crippen molar-refractivity contribution in [3.63, 3.8) is 0 Å². The lowest BCUT2D eigenvalue weighted by atomic mass is 10.1. The van der Waals surface area contributed by atoms with Gasteiger partial charge in [0.25, 0.3) is 10.2 Å². The maximum Gasteiger partial charge on any atom is 0.294 e. The van der Waals surface area contributed by atoms with Crippen LogP contribution in [0.5, 0.6) is 0 Å². The predicted octanol–water partition coefficient (Wildman–Crippen LogP) is -0.486. The summed E-state index contributed by atoms with van der Waals surface area (Å²) in [5.41, 5.74) is 11.1. The molecule has 0 fully saturated rings. The van der Waals surface area contributed by atoms with Crippen molar-refractivity contribution in [2.24, 2.45) is 11.5 Å². The van der Waals surface area contributed by atoms with E-state index in [1.807, 2.05) is 0 Å². The van der Waals surface area contributed by atoms with Crippen LogP contribution in [-0.2, 0) is 14.5 Å². The molecule has 140 valence electrons. The molecule has 0 heterocycles. The number of hydrogen-bond donors (Lipinski definition) is 3. The Balaban J connectivity index is 3.88. The van der Waals surface area contributed by atoms with E-state index in [9.17, 15) is 25.0 Å². The molecule has 24 heavy (non-hydrogen) atoms. The summed E-state index contributed by atoms with van der Waals surface area (Å²) in [5.74, 6) is -0.262. The Labute approximate surface area is 139 Å². The van der Waals surface area contributed by atoms with Crippen LogP contribution in [0.4, 0.5) is 0 Å². The average Bonchev–Trinajstić information content (AvgIpc) is 2.51. The number of nitrogens with two attached hydrogens (primary N) is 2. The number of unbranched alkanes of at least 4 members (excludes halogenated alkanes) is 2. The molecule has 0 bridgehead atoms. The fraction of sp³-hybridized carbons (Fsp3) is 0.917. The molecule has 0 aromatic heterocycles. The normalized spacial score (nSPS) is 12.9. The highest BCUT2D eigenvalue weighted by atomic mass is 17.0. The molecule has 1 amide bonds. The molecule has 0 aliphatic rings. The number of amides is 1. The van der Waals surface area contributed by atoms with Gasteiger partial charge in [0.2, 0.25) is 5.91 Å². The Morgan fingerprint density at radius 3 is 2.33 bits per heavy atom. The van der Waals surface area contributed by atoms with E-state index in [1.54, 1.807) is 0 Å². The minimum atomic E-state index is -1.04. The molecule has 2 unspecified atom stereocenters. The molecule has 0 saturated carbocycles. The molecule has 0 spiro atoms. The quantitative estimate of drug-likeness (QED) is 0.199. The first-order valence-corrected chi connectivity index (χ1v) is 7.68. The zero-order valence-electron chi connectivity index (χ0n) is 13.4. The van der Waals surface area contributed by atoms with Gasteiger partial charge in [0.1, 0.15) is 12.7 Å². The van der Waals surface area contributed by atoms with Gasteiger partial charge >= 0.3 is 0 Å². The van der Waals surface area contributed by atoms with Gasteiger partial charge in [-0.25, -0.2) is 0 Å². The minimum Gasteiger partial charge on any atom is -0.355 e. The number of nitrogens with zero attached hydrogens (tertiary/aromatic N) is 2. The van der Waals surface area contributed by atoms with Crippen molar-refractivity contribution in [2.75, 3.05) is 19.7 Å². The van der Waals surface area contributed by atoms with Gasteiger partial charge in [0.05, 0.1) is 6.04 Å². The second-order valence-corrected chi connectivity index (χ2v) is 5.15. The van der Waals surface area contributed by atoms with E-state index in [0.717, 1.165) is 12.8 Å². The molecular weight excluding hydrogens is 326 g/mol. The summed E-state index contributed by atoms with van der Waals surface area (Å²) < 4.78 is 0. The lowest BCUT2D eigenvalue weighted by molar-refractivity contribution is -0.790. The summed E-state index contributed by atoms with van der Waals surface area (Å²) in [4.78, 5) is 40.4. The lowest BCUT2D eigenvalue weighted by Gasteiger charge is -2.14. The largest absolute Gasteiger partial charge is 0.355 e. The highest BCUT2D eigenvalue weighted by molar-refractivity contribution is 5.81. The summed E-state index contributed by atoms with van der Waals surface area (Å²) in [5, 5.41) is 21.0. The average molecular weight is 351 g/mol. The number of hydrogen-bond acceptors (Lipinski definition) is 9. The highest BCUT2D eigenvalue weighted by Gasteiger charge is 2.16. The van der Waals surface area contributed by atoms with Gasteiger partial charge in [0.15, 0.2) is 0 Å². The fourth-order valence-corrected chi connectivity index (χ4v) is 1.91. The Kier molecular flexibility index (Phi) is 12.0. The highest BCUT2D eigenvalue weighted by Crippen LogP contribution is 2.06. The molecule has 0 aliphatic carbocycles. The van der Waals surface area contributed by atoms with E-state index < -0.39 is 28.9 Å². The van der Waals surface area contributed by atoms with Crippen molar-refractivity contribution < 1.29 is 24.6 Å². The van der Waals surface area contributed by atoms with Gasteiger partial charge in [-0.15, -0.1) is 20.2 Å². The van der Waals surface area contributed by atoms with Crippen LogP contribution in [0.3, 0.4) is 0 Å². The van der Waals surface area contributed by atoms with Gasteiger partial charge in [-0.05, 0) is 38.6 Å². The van der Waals surface area contributed by atoms with Crippen LogP contribution >= 0.6 is 0 Å². The van der Waals surface area contributed by atoms with Crippen molar-refractivity contribution in [2.45, 2.75) is 50.7 Å². The lowest BCUT2D eigenvalue weighted by Crippen LogP contribution is -2.41. The van der Waals surface area contributed by atoms with E-state index in [2.05, 4.69) is 15.0 Å². The maximum atomic E-state index is 11.7. The Morgan fingerprint density at radius 2 is 1.75 bits per heavy atom. The molecule has 0 aliphatic heterocycles. The Hall–Kier alpha value is -2.21. The van der Waals surface area contributed by atoms with Crippen molar-refractivity contribution in [3.8, 4) is 0 Å². The van der Waals surface area contributed by atoms with Crippen LogP contribution in [0, 0.1) is 20.2 Å². The zero-order chi connectivity index (χ0) is 18.4. The molecule has 0 aromatic rings. The monoisotopic (exact) mass is 351 g/mol. The van der Waals surface area contributed by atoms with E-state index >= 15 is 0 Å². The smallest absolute Gasteiger partial charge is 0.294 e. The van der Waals surface area contributed by atoms with Crippen LogP contribution in [0.1, 0.15) is 38.5 Å². The SMILES string of the molecule is NCCCCC(N)C(=O)NCCCCC(CO[N+](=O)[O-])O[N+](=O)[O-]. The first-order chi connectivity index (χ1) is 11.4. The minimum absolute atomic E-state index is 0.188. The predicted molar refractivity (Wildman–Crippen MR) is 82.6 cm³/mol. The van der Waals surface area contributed by atoms with Gasteiger partial charge < -0.3 is 26.5 Å². The number of carbonyl (C=O) groups is 1. The number of rotatable bonds is 15. The molecule has 0 aromatic carbocycles. The number of nitrogens with one attached hydrogen (secondary N) is 1. The Bertz CT molecular complexity index is 396. The standard InChI is InChI=1S/C12H25N5O7/c13-7-3-1-6-11(14)12(18)15-8-4-2-5-10(24-17(21)22)9-23-16(19)20/h10-11H,1-9,13-14H2,(H,15,18). The van der Waals surface area contributed by atoms with Crippen molar-refractivity contribution in [1.82, 2.24) is 5.32 Å². The molecule has 0 radical (unpaired) electrons. The van der Waals surface area contributed by atoms with Gasteiger partial charge in [0, 0.05) is 6.54 Å². The summed E-state index contributed by atoms with van der Waals surface area (Å²) in [7, 11) is 0. The summed E-state index contributed by atoms with van der Waals surface area (Å²) in [6.07, 6.45) is 2.29.